The number of nitrogens with zero attached hydrogens (tertiary/aromatic N) is 3. The minimum atomic E-state index is -4.42. The number of thiocarbonyl (C=S) groups is 1. The first-order chi connectivity index (χ1) is 17.9. The standard InChI is InChI=1S/C28H26F3N5S/c29-28(30,31)20-9-6-12-22(19-20)35-17-7-14-24(35)26-25(23-13-4-5-15-33-23)34-27(37)36(26)18-8-16-32-21-10-2-1-3-11-21/h1-7,9-15,17,19,25-26,32H,8,16,18H2,(H,34,37)/t25-,26+/m0/s1. The summed E-state index contributed by atoms with van der Waals surface area (Å²) >= 11 is 5.75. The lowest BCUT2D eigenvalue weighted by Gasteiger charge is -2.29. The van der Waals surface area contributed by atoms with Crippen LogP contribution < -0.4 is 10.6 Å². The molecule has 1 fully saturated rings. The van der Waals surface area contributed by atoms with Gasteiger partial charge in [-0.15, -0.1) is 0 Å². The van der Waals surface area contributed by atoms with Crippen LogP contribution in [0.25, 0.3) is 5.69 Å². The fourth-order valence-corrected chi connectivity index (χ4v) is 5.04. The summed E-state index contributed by atoms with van der Waals surface area (Å²) in [5, 5.41) is 7.43. The van der Waals surface area contributed by atoms with E-state index in [4.69, 9.17) is 12.2 Å². The average molecular weight is 522 g/mol. The van der Waals surface area contributed by atoms with Crippen LogP contribution in [0.3, 0.4) is 0 Å². The smallest absolute Gasteiger partial charge is 0.385 e. The molecule has 0 spiro atoms. The number of halogens is 3. The van der Waals surface area contributed by atoms with Gasteiger partial charge < -0.3 is 20.1 Å². The van der Waals surface area contributed by atoms with Gasteiger partial charge in [-0.05, 0) is 73.2 Å². The van der Waals surface area contributed by atoms with Gasteiger partial charge in [0.2, 0.25) is 0 Å². The van der Waals surface area contributed by atoms with Crippen LogP contribution in [0.2, 0.25) is 0 Å². The molecule has 1 aliphatic heterocycles. The van der Waals surface area contributed by atoms with Crippen molar-refractivity contribution in [3.8, 4) is 5.69 Å². The zero-order valence-corrected chi connectivity index (χ0v) is 20.7. The van der Waals surface area contributed by atoms with E-state index in [1.54, 1.807) is 23.0 Å². The number of anilines is 1. The van der Waals surface area contributed by atoms with Gasteiger partial charge in [-0.1, -0.05) is 30.3 Å². The molecule has 5 rings (SSSR count). The van der Waals surface area contributed by atoms with Crippen molar-refractivity contribution in [2.45, 2.75) is 24.7 Å². The van der Waals surface area contributed by atoms with Gasteiger partial charge in [0.25, 0.3) is 0 Å². The summed E-state index contributed by atoms with van der Waals surface area (Å²) in [6, 6.07) is 24.3. The Morgan fingerprint density at radius 1 is 0.946 bits per heavy atom. The summed E-state index contributed by atoms with van der Waals surface area (Å²) < 4.78 is 42.1. The van der Waals surface area contributed by atoms with Crippen molar-refractivity contribution in [3.05, 3.63) is 114 Å². The molecule has 190 valence electrons. The van der Waals surface area contributed by atoms with E-state index in [0.29, 0.717) is 17.3 Å². The second-order valence-corrected chi connectivity index (χ2v) is 9.20. The Hall–Kier alpha value is -3.85. The number of aromatic nitrogens is 2. The van der Waals surface area contributed by atoms with Gasteiger partial charge in [0.15, 0.2) is 5.11 Å². The summed E-state index contributed by atoms with van der Waals surface area (Å²) in [6.45, 7) is 1.41. The zero-order chi connectivity index (χ0) is 25.8. The molecule has 37 heavy (non-hydrogen) atoms. The van der Waals surface area contributed by atoms with Gasteiger partial charge in [-0.25, -0.2) is 0 Å². The number of para-hydroxylation sites is 1. The maximum Gasteiger partial charge on any atom is 0.416 e. The minimum absolute atomic E-state index is 0.254. The fraction of sp³-hybridized carbons (Fsp3) is 0.214. The molecule has 0 amide bonds. The van der Waals surface area contributed by atoms with Gasteiger partial charge in [0.05, 0.1) is 23.3 Å². The van der Waals surface area contributed by atoms with Crippen LogP contribution in [0.1, 0.15) is 35.5 Å². The van der Waals surface area contributed by atoms with Crippen molar-refractivity contribution < 1.29 is 13.2 Å². The topological polar surface area (TPSA) is 45.1 Å². The maximum absolute atomic E-state index is 13.4. The van der Waals surface area contributed by atoms with Gasteiger partial charge >= 0.3 is 6.18 Å². The largest absolute Gasteiger partial charge is 0.416 e. The number of hydrogen-bond acceptors (Lipinski definition) is 3. The van der Waals surface area contributed by atoms with E-state index in [0.717, 1.165) is 36.1 Å². The molecule has 1 saturated heterocycles. The zero-order valence-electron chi connectivity index (χ0n) is 19.9. The lowest BCUT2D eigenvalue weighted by molar-refractivity contribution is -0.137. The van der Waals surface area contributed by atoms with Crippen LogP contribution in [0, 0.1) is 0 Å². The molecule has 0 bridgehead atoms. The first kappa shape index (κ1) is 24.8. The number of nitrogens with one attached hydrogen (secondary N) is 2. The van der Waals surface area contributed by atoms with Crippen molar-refractivity contribution in [1.29, 1.82) is 0 Å². The van der Waals surface area contributed by atoms with Crippen LogP contribution in [0.4, 0.5) is 18.9 Å². The van der Waals surface area contributed by atoms with Crippen molar-refractivity contribution in [2.75, 3.05) is 18.4 Å². The maximum atomic E-state index is 13.4. The highest BCUT2D eigenvalue weighted by molar-refractivity contribution is 7.80. The Labute approximate surface area is 219 Å². The minimum Gasteiger partial charge on any atom is -0.385 e. The normalized spacial score (nSPS) is 17.6. The molecule has 0 saturated carbocycles. The predicted molar refractivity (Wildman–Crippen MR) is 142 cm³/mol. The molecule has 0 unspecified atom stereocenters. The van der Waals surface area contributed by atoms with Crippen molar-refractivity contribution in [3.63, 3.8) is 0 Å². The average Bonchev–Trinajstić information content (AvgIpc) is 3.52. The molecule has 2 atom stereocenters. The molecule has 0 radical (unpaired) electrons. The molecule has 5 nitrogen and oxygen atoms in total. The molecule has 4 aromatic rings. The third-order valence-electron chi connectivity index (χ3n) is 6.41. The molecule has 2 aromatic heterocycles. The van der Waals surface area contributed by atoms with E-state index in [-0.39, 0.29) is 12.1 Å². The Morgan fingerprint density at radius 2 is 1.76 bits per heavy atom. The van der Waals surface area contributed by atoms with Crippen LogP contribution in [0.15, 0.2) is 97.3 Å². The van der Waals surface area contributed by atoms with Gasteiger partial charge in [-0.2, -0.15) is 13.2 Å². The van der Waals surface area contributed by atoms with Gasteiger partial charge in [0.1, 0.15) is 0 Å². The molecule has 1 aliphatic rings. The quantitative estimate of drug-likeness (QED) is 0.209. The molecular weight excluding hydrogens is 495 g/mol. The molecule has 9 heteroatoms. The number of alkyl halides is 3. The molecule has 2 N–H and O–H groups in total. The van der Waals surface area contributed by atoms with E-state index in [9.17, 15) is 13.2 Å². The molecular formula is C28H26F3N5S. The van der Waals surface area contributed by atoms with Crippen LogP contribution in [-0.4, -0.2) is 32.7 Å². The van der Waals surface area contributed by atoms with E-state index in [1.165, 1.54) is 12.1 Å². The summed E-state index contributed by atoms with van der Waals surface area (Å²) in [5.74, 6) is 0. The van der Waals surface area contributed by atoms with E-state index >= 15 is 0 Å². The van der Waals surface area contributed by atoms with E-state index in [1.807, 2.05) is 60.7 Å². The summed E-state index contributed by atoms with van der Waals surface area (Å²) in [6.07, 6.45) is -0.0905. The highest BCUT2D eigenvalue weighted by Crippen LogP contribution is 2.40. The highest BCUT2D eigenvalue weighted by atomic mass is 32.1. The van der Waals surface area contributed by atoms with Crippen molar-refractivity contribution >= 4 is 23.0 Å². The highest BCUT2D eigenvalue weighted by Gasteiger charge is 2.41. The number of benzene rings is 2. The Balaban J connectivity index is 1.45. The second kappa shape index (κ2) is 10.6. The SMILES string of the molecule is FC(F)(F)c1cccc(-n2cccc2[C@@H]2[C@H](c3ccccn3)NC(=S)N2CCCNc2ccccc2)c1. The number of hydrogen-bond donors (Lipinski definition) is 2. The molecule has 2 aromatic carbocycles. The van der Waals surface area contributed by atoms with E-state index in [2.05, 4.69) is 20.5 Å². The molecule has 3 heterocycles. The third-order valence-corrected chi connectivity index (χ3v) is 6.76. The summed E-state index contributed by atoms with van der Waals surface area (Å²) in [4.78, 5) is 6.67. The summed E-state index contributed by atoms with van der Waals surface area (Å²) in [7, 11) is 0. The number of rotatable bonds is 8. The predicted octanol–water partition coefficient (Wildman–Crippen LogP) is 6.37. The van der Waals surface area contributed by atoms with Gasteiger partial charge in [0, 0.05) is 42.6 Å². The van der Waals surface area contributed by atoms with Crippen LogP contribution in [-0.2, 0) is 6.18 Å². The Morgan fingerprint density at radius 3 is 2.51 bits per heavy atom. The second-order valence-electron chi connectivity index (χ2n) is 8.82. The lowest BCUT2D eigenvalue weighted by atomic mass is 10.0. The van der Waals surface area contributed by atoms with Crippen LogP contribution >= 0.6 is 12.2 Å². The third kappa shape index (κ3) is 5.46. The fourth-order valence-electron chi connectivity index (χ4n) is 4.71. The van der Waals surface area contributed by atoms with E-state index < -0.39 is 11.7 Å². The van der Waals surface area contributed by atoms with Gasteiger partial charge in [-0.3, -0.25) is 4.98 Å². The molecule has 0 aliphatic carbocycles. The Bertz CT molecular complexity index is 1340. The number of pyridine rings is 1. The Kier molecular flexibility index (Phi) is 7.14. The lowest BCUT2D eigenvalue weighted by Crippen LogP contribution is -2.32. The summed E-state index contributed by atoms with van der Waals surface area (Å²) in [5.41, 5.74) is 2.45. The van der Waals surface area contributed by atoms with Crippen molar-refractivity contribution in [2.24, 2.45) is 0 Å². The van der Waals surface area contributed by atoms with Crippen LogP contribution in [0.5, 0.6) is 0 Å². The first-order valence-electron chi connectivity index (χ1n) is 12.0. The monoisotopic (exact) mass is 521 g/mol. The first-order valence-corrected chi connectivity index (χ1v) is 12.4. The van der Waals surface area contributed by atoms with Crippen molar-refractivity contribution in [1.82, 2.24) is 19.8 Å².